The van der Waals surface area contributed by atoms with Crippen molar-refractivity contribution in [2.75, 3.05) is 18.6 Å². The van der Waals surface area contributed by atoms with Crippen LogP contribution in [0, 0.1) is 6.07 Å². The zero-order valence-electron chi connectivity index (χ0n) is 11.1. The zero-order valence-corrected chi connectivity index (χ0v) is 13.4. The minimum absolute atomic E-state index is 0. The van der Waals surface area contributed by atoms with Crippen LogP contribution in [0.1, 0.15) is 0 Å². The second-order valence-corrected chi connectivity index (χ2v) is 5.18. The normalized spacial score (nSPS) is 9.75. The van der Waals surface area contributed by atoms with E-state index >= 15 is 0 Å². The van der Waals surface area contributed by atoms with E-state index in [1.54, 1.807) is 0 Å². The molecule has 2 rings (SSSR count). The summed E-state index contributed by atoms with van der Waals surface area (Å²) in [4.78, 5) is 0. The molecular weight excluding hydrogens is 369 g/mol. The average Bonchev–Trinajstić information content (AvgIpc) is 2.38. The quantitative estimate of drug-likeness (QED) is 0.491. The maximum atomic E-state index is 9.08. The Kier molecular flexibility index (Phi) is 8.35. The number of nitrogens with one attached hydrogen (secondary N) is 1. The van der Waals surface area contributed by atoms with Gasteiger partial charge in [0.1, 0.15) is 0 Å². The predicted octanol–water partition coefficient (Wildman–Crippen LogP) is 2.35. The molecule has 4 nitrogen and oxygen atoms in total. The first-order chi connectivity index (χ1) is 8.92. The summed E-state index contributed by atoms with van der Waals surface area (Å²) in [7, 11) is -1.98. The van der Waals surface area contributed by atoms with Crippen LogP contribution in [0.5, 0.6) is 0 Å². The first-order valence-corrected chi connectivity index (χ1v) is 7.38. The van der Waals surface area contributed by atoms with Crippen LogP contribution < -0.4 is 5.32 Å². The van der Waals surface area contributed by atoms with Crippen molar-refractivity contribution in [3.8, 4) is 11.1 Å². The summed E-state index contributed by atoms with van der Waals surface area (Å²) in [5.41, 5.74) is 3.45. The number of rotatable bonds is 2. The molecule has 20 heavy (non-hydrogen) atoms. The van der Waals surface area contributed by atoms with Gasteiger partial charge in [0, 0.05) is 13.3 Å². The molecule has 0 unspecified atom stereocenters. The summed E-state index contributed by atoms with van der Waals surface area (Å²) in [5.74, 6) is 0. The molecular formula is C14H15NO3PdS. The van der Waals surface area contributed by atoms with E-state index in [2.05, 4.69) is 29.6 Å². The Balaban J connectivity index is 0.000000526. The molecule has 2 aromatic carbocycles. The third-order valence-corrected chi connectivity index (χ3v) is 2.20. The van der Waals surface area contributed by atoms with Gasteiger partial charge in [0.25, 0.3) is 0 Å². The van der Waals surface area contributed by atoms with Crippen molar-refractivity contribution >= 4 is 15.8 Å². The third kappa shape index (κ3) is 7.41. The van der Waals surface area contributed by atoms with Crippen molar-refractivity contribution in [2.45, 2.75) is 0 Å². The Hall–Kier alpha value is -1.19. The molecule has 0 fully saturated rings. The average molecular weight is 384 g/mol. The van der Waals surface area contributed by atoms with Crippen molar-refractivity contribution in [1.82, 2.24) is 0 Å². The number of para-hydroxylation sites is 1. The number of hydrogen-bond donors (Lipinski definition) is 1. The van der Waals surface area contributed by atoms with Crippen LogP contribution in [0.25, 0.3) is 11.1 Å². The molecule has 0 aliphatic heterocycles. The van der Waals surface area contributed by atoms with Gasteiger partial charge in [-0.15, -0.1) is 35.9 Å². The molecule has 2 aromatic rings. The molecule has 0 aliphatic carbocycles. The molecule has 0 heterocycles. The van der Waals surface area contributed by atoms with Gasteiger partial charge in [-0.2, -0.15) is 0 Å². The van der Waals surface area contributed by atoms with Crippen molar-refractivity contribution in [3.05, 3.63) is 54.6 Å². The van der Waals surface area contributed by atoms with Crippen LogP contribution >= 0.6 is 0 Å². The standard InChI is InChI=1S/C13H12N.CH4O3S.Pd/c1-14-13-10-6-5-9-12(13)11-7-3-2-4-8-11;1-5(2,3)4;/h2-7,9-10,14H,1H3;1H3,(H,2,3,4);/q-1;;+2/p-1. The fourth-order valence-corrected chi connectivity index (χ4v) is 1.50. The first kappa shape index (κ1) is 18.8. The monoisotopic (exact) mass is 383 g/mol. The summed E-state index contributed by atoms with van der Waals surface area (Å²) < 4.78 is 27.2. The molecule has 0 saturated heterocycles. The Bertz CT molecular complexity index is 607. The van der Waals surface area contributed by atoms with E-state index < -0.39 is 10.1 Å². The smallest absolute Gasteiger partial charge is 0.748 e. The SMILES string of the molecule is CNc1ccccc1-c1[c-]cccc1.CS(=O)(=O)[O-].[Pd+2]. The summed E-state index contributed by atoms with van der Waals surface area (Å²) in [5, 5.41) is 3.17. The van der Waals surface area contributed by atoms with Gasteiger partial charge >= 0.3 is 20.4 Å². The largest absolute Gasteiger partial charge is 2.00 e. The second kappa shape index (κ2) is 8.88. The predicted molar refractivity (Wildman–Crippen MR) is 75.9 cm³/mol. The van der Waals surface area contributed by atoms with Crippen LogP contribution in [-0.4, -0.2) is 26.3 Å². The summed E-state index contributed by atoms with van der Waals surface area (Å²) in [6.45, 7) is 0. The Morgan fingerprint density at radius 1 is 1.10 bits per heavy atom. The molecule has 0 saturated carbocycles. The molecule has 110 valence electrons. The minimum Gasteiger partial charge on any atom is -0.748 e. The van der Waals surface area contributed by atoms with Gasteiger partial charge in [0.15, 0.2) is 0 Å². The molecule has 6 heteroatoms. The van der Waals surface area contributed by atoms with Gasteiger partial charge in [-0.3, -0.25) is 0 Å². The first-order valence-electron chi connectivity index (χ1n) is 5.56. The van der Waals surface area contributed by atoms with Crippen molar-refractivity contribution in [2.24, 2.45) is 0 Å². The fraction of sp³-hybridized carbons (Fsp3) is 0.143. The maximum Gasteiger partial charge on any atom is 2.00 e. The molecule has 1 N–H and O–H groups in total. The Labute approximate surface area is 133 Å². The van der Waals surface area contributed by atoms with Crippen LogP contribution in [0.2, 0.25) is 0 Å². The topological polar surface area (TPSA) is 69.2 Å². The molecule has 0 amide bonds. The van der Waals surface area contributed by atoms with E-state index in [1.807, 2.05) is 37.4 Å². The van der Waals surface area contributed by atoms with Gasteiger partial charge < -0.3 is 9.87 Å². The molecule has 0 atom stereocenters. The molecule has 0 bridgehead atoms. The van der Waals surface area contributed by atoms with E-state index in [0.29, 0.717) is 6.26 Å². The van der Waals surface area contributed by atoms with Crippen LogP contribution in [0.4, 0.5) is 5.69 Å². The van der Waals surface area contributed by atoms with Crippen molar-refractivity contribution in [1.29, 1.82) is 0 Å². The molecule has 0 spiro atoms. The fourth-order valence-electron chi connectivity index (χ4n) is 1.50. The summed E-state index contributed by atoms with van der Waals surface area (Å²) >= 11 is 0. The van der Waals surface area contributed by atoms with Gasteiger partial charge in [0.2, 0.25) is 0 Å². The number of benzene rings is 2. The summed E-state index contributed by atoms with van der Waals surface area (Å²) in [6, 6.07) is 19.4. The molecule has 0 aromatic heterocycles. The van der Waals surface area contributed by atoms with E-state index in [0.717, 1.165) is 11.3 Å². The number of anilines is 1. The minimum atomic E-state index is -3.92. The Morgan fingerprint density at radius 3 is 2.15 bits per heavy atom. The van der Waals surface area contributed by atoms with E-state index in [9.17, 15) is 0 Å². The van der Waals surface area contributed by atoms with Crippen LogP contribution in [-0.2, 0) is 30.5 Å². The van der Waals surface area contributed by atoms with Gasteiger partial charge in [-0.25, -0.2) is 8.42 Å². The number of hydrogen-bond acceptors (Lipinski definition) is 4. The Morgan fingerprint density at radius 2 is 1.65 bits per heavy atom. The van der Waals surface area contributed by atoms with Crippen molar-refractivity contribution < 1.29 is 33.4 Å². The maximum absolute atomic E-state index is 9.08. The van der Waals surface area contributed by atoms with E-state index in [-0.39, 0.29) is 20.4 Å². The zero-order chi connectivity index (χ0) is 14.3. The second-order valence-electron chi connectivity index (χ2n) is 3.78. The van der Waals surface area contributed by atoms with E-state index in [4.69, 9.17) is 13.0 Å². The molecule has 0 radical (unpaired) electrons. The van der Waals surface area contributed by atoms with E-state index in [1.165, 1.54) is 5.56 Å². The van der Waals surface area contributed by atoms with Crippen molar-refractivity contribution in [3.63, 3.8) is 0 Å². The molecule has 0 aliphatic rings. The summed E-state index contributed by atoms with van der Waals surface area (Å²) in [6.07, 6.45) is 0.604. The van der Waals surface area contributed by atoms with Crippen LogP contribution in [0.3, 0.4) is 0 Å². The third-order valence-electron chi connectivity index (χ3n) is 2.20. The van der Waals surface area contributed by atoms with Gasteiger partial charge in [0.05, 0.1) is 10.1 Å². The van der Waals surface area contributed by atoms with Gasteiger partial charge in [-0.05, 0) is 11.8 Å². The van der Waals surface area contributed by atoms with Crippen LogP contribution in [0.15, 0.2) is 48.5 Å². The van der Waals surface area contributed by atoms with Gasteiger partial charge in [-0.1, -0.05) is 23.8 Å².